The quantitative estimate of drug-likeness (QED) is 0.214. The fourth-order valence-corrected chi connectivity index (χ4v) is 3.84. The number of anilines is 7. The summed E-state index contributed by atoms with van der Waals surface area (Å²) in [5, 5.41) is 7.53. The van der Waals surface area contributed by atoms with Crippen molar-refractivity contribution in [1.82, 2.24) is 29.9 Å². The monoisotopic (exact) mass is 554 g/mol. The molecule has 4 aromatic rings. The molecule has 0 saturated carbocycles. The van der Waals surface area contributed by atoms with Gasteiger partial charge in [-0.05, 0) is 30.2 Å². The number of halogens is 2. The summed E-state index contributed by atoms with van der Waals surface area (Å²) in [6.45, 7) is 1.66. The number of aromatic nitrogens is 6. The van der Waals surface area contributed by atoms with Gasteiger partial charge < -0.3 is 31.9 Å². The van der Waals surface area contributed by atoms with Crippen molar-refractivity contribution in [3.05, 3.63) is 64.1 Å². The summed E-state index contributed by atoms with van der Waals surface area (Å²) in [4.78, 5) is 29.5. The number of likely N-dealkylation sites (N-methyl/N-ethyl adjacent to an activating group) is 2. The second kappa shape index (κ2) is 12.4. The normalized spacial score (nSPS) is 10.7. The van der Waals surface area contributed by atoms with Crippen LogP contribution in [0, 0.1) is 0 Å². The van der Waals surface area contributed by atoms with Crippen LogP contribution in [0.1, 0.15) is 5.56 Å². The third kappa shape index (κ3) is 7.20. The van der Waals surface area contributed by atoms with Crippen LogP contribution in [0.4, 0.5) is 41.4 Å². The lowest BCUT2D eigenvalue weighted by Crippen LogP contribution is -2.33. The van der Waals surface area contributed by atoms with Gasteiger partial charge in [0.15, 0.2) is 0 Å². The topological polar surface area (TPSA) is 160 Å². The highest BCUT2D eigenvalue weighted by Gasteiger charge is 2.14. The predicted molar refractivity (Wildman–Crippen MR) is 153 cm³/mol. The van der Waals surface area contributed by atoms with Crippen LogP contribution in [-0.2, 0) is 6.42 Å². The lowest BCUT2D eigenvalue weighted by molar-refractivity contribution is 0.784. The standard InChI is InChI=1S/C24H28Cl2N12/c1-37(23-33-19(27)31-21(35-23)29-12-11-15-7-3-4-8-16(15)25)13-14-38(2)24-34-20(28)32-22(36-24)30-18-10-6-5-9-17(18)26/h3-10H,11-14H2,1-2H3,(H3,27,29,31,33,35)(H3,28,30,32,34,36). The Morgan fingerprint density at radius 2 is 1.26 bits per heavy atom. The number of hydrogen-bond acceptors (Lipinski definition) is 12. The number of hydrogen-bond donors (Lipinski definition) is 4. The van der Waals surface area contributed by atoms with Crippen molar-refractivity contribution in [3.63, 3.8) is 0 Å². The number of nitrogens with one attached hydrogen (secondary N) is 2. The van der Waals surface area contributed by atoms with Gasteiger partial charge in [0.25, 0.3) is 0 Å². The highest BCUT2D eigenvalue weighted by Crippen LogP contribution is 2.24. The van der Waals surface area contributed by atoms with Gasteiger partial charge in [-0.1, -0.05) is 53.5 Å². The number of rotatable bonds is 11. The summed E-state index contributed by atoms with van der Waals surface area (Å²) in [6, 6.07) is 15.0. The molecule has 14 heteroatoms. The molecule has 0 aliphatic rings. The largest absolute Gasteiger partial charge is 0.368 e. The Morgan fingerprint density at radius 1 is 0.711 bits per heavy atom. The molecule has 0 amide bonds. The minimum Gasteiger partial charge on any atom is -0.368 e. The van der Waals surface area contributed by atoms with Gasteiger partial charge in [-0.15, -0.1) is 0 Å². The van der Waals surface area contributed by atoms with Gasteiger partial charge in [0.1, 0.15) is 0 Å². The molecule has 0 aliphatic heterocycles. The van der Waals surface area contributed by atoms with E-state index in [0.717, 1.165) is 10.6 Å². The first kappa shape index (κ1) is 26.9. The van der Waals surface area contributed by atoms with E-state index in [0.29, 0.717) is 60.6 Å². The van der Waals surface area contributed by atoms with Crippen LogP contribution < -0.4 is 31.9 Å². The van der Waals surface area contributed by atoms with E-state index >= 15 is 0 Å². The van der Waals surface area contributed by atoms with Crippen molar-refractivity contribution in [3.8, 4) is 0 Å². The minimum absolute atomic E-state index is 0.0857. The van der Waals surface area contributed by atoms with Gasteiger partial charge in [0.2, 0.25) is 35.7 Å². The van der Waals surface area contributed by atoms with Crippen LogP contribution in [0.25, 0.3) is 0 Å². The number of benzene rings is 2. The lowest BCUT2D eigenvalue weighted by Gasteiger charge is -2.23. The second-order valence-corrected chi connectivity index (χ2v) is 9.16. The maximum atomic E-state index is 6.23. The molecule has 0 saturated heterocycles. The zero-order chi connectivity index (χ0) is 27.1. The van der Waals surface area contributed by atoms with Crippen LogP contribution in [0.3, 0.4) is 0 Å². The molecule has 0 atom stereocenters. The third-order valence-electron chi connectivity index (χ3n) is 5.49. The van der Waals surface area contributed by atoms with Crippen molar-refractivity contribution in [2.45, 2.75) is 6.42 Å². The molecule has 38 heavy (non-hydrogen) atoms. The SMILES string of the molecule is CN(CCN(C)c1nc(N)nc(Nc2ccccc2Cl)n1)c1nc(N)nc(NCCc2ccccc2Cl)n1. The maximum Gasteiger partial charge on any atom is 0.233 e. The molecule has 0 fully saturated rings. The first-order valence-corrected chi connectivity index (χ1v) is 12.5. The number of para-hydroxylation sites is 1. The molecular weight excluding hydrogens is 527 g/mol. The maximum absolute atomic E-state index is 6.23. The Bertz CT molecular complexity index is 1390. The lowest BCUT2D eigenvalue weighted by atomic mass is 10.1. The summed E-state index contributed by atoms with van der Waals surface area (Å²) in [7, 11) is 3.72. The van der Waals surface area contributed by atoms with Crippen molar-refractivity contribution < 1.29 is 0 Å². The first-order chi connectivity index (χ1) is 18.3. The molecule has 0 bridgehead atoms. The van der Waals surface area contributed by atoms with Crippen molar-refractivity contribution >= 4 is 64.6 Å². The van der Waals surface area contributed by atoms with E-state index in [1.807, 2.05) is 66.4 Å². The van der Waals surface area contributed by atoms with E-state index in [4.69, 9.17) is 34.7 Å². The highest BCUT2D eigenvalue weighted by atomic mass is 35.5. The molecule has 0 radical (unpaired) electrons. The second-order valence-electron chi connectivity index (χ2n) is 8.35. The highest BCUT2D eigenvalue weighted by molar-refractivity contribution is 6.33. The Hall–Kier alpha value is -4.16. The van der Waals surface area contributed by atoms with Crippen LogP contribution in [0.5, 0.6) is 0 Å². The summed E-state index contributed by atoms with van der Waals surface area (Å²) in [5.41, 5.74) is 13.6. The van der Waals surface area contributed by atoms with E-state index in [2.05, 4.69) is 40.5 Å². The average Bonchev–Trinajstić information content (AvgIpc) is 2.89. The van der Waals surface area contributed by atoms with Crippen LogP contribution in [-0.4, -0.2) is 63.6 Å². The van der Waals surface area contributed by atoms with E-state index in [-0.39, 0.29) is 11.9 Å². The van der Waals surface area contributed by atoms with Gasteiger partial charge >= 0.3 is 0 Å². The van der Waals surface area contributed by atoms with Gasteiger partial charge in [0.05, 0.1) is 10.7 Å². The van der Waals surface area contributed by atoms with Crippen molar-refractivity contribution in [1.29, 1.82) is 0 Å². The van der Waals surface area contributed by atoms with Gasteiger partial charge in [0, 0.05) is 38.8 Å². The van der Waals surface area contributed by atoms with E-state index in [1.165, 1.54) is 0 Å². The summed E-state index contributed by atoms with van der Waals surface area (Å²) < 4.78 is 0. The zero-order valence-electron chi connectivity index (χ0n) is 20.9. The molecule has 0 spiro atoms. The predicted octanol–water partition coefficient (Wildman–Crippen LogP) is 3.50. The Balaban J connectivity index is 1.36. The van der Waals surface area contributed by atoms with Crippen LogP contribution in [0.2, 0.25) is 10.0 Å². The number of nitrogens with zero attached hydrogens (tertiary/aromatic N) is 8. The van der Waals surface area contributed by atoms with E-state index < -0.39 is 0 Å². The molecule has 198 valence electrons. The van der Waals surface area contributed by atoms with Crippen molar-refractivity contribution in [2.75, 3.05) is 65.6 Å². The fourth-order valence-electron chi connectivity index (χ4n) is 3.43. The summed E-state index contributed by atoms with van der Waals surface area (Å²) in [5.74, 6) is 1.72. The van der Waals surface area contributed by atoms with Gasteiger partial charge in [-0.3, -0.25) is 0 Å². The van der Waals surface area contributed by atoms with Crippen LogP contribution in [0.15, 0.2) is 48.5 Å². The molecule has 0 unspecified atom stereocenters. The van der Waals surface area contributed by atoms with E-state index in [1.54, 1.807) is 6.07 Å². The Kier molecular flexibility index (Phi) is 8.77. The molecule has 4 rings (SSSR count). The van der Waals surface area contributed by atoms with Crippen molar-refractivity contribution in [2.24, 2.45) is 0 Å². The molecule has 12 nitrogen and oxygen atoms in total. The average molecular weight is 555 g/mol. The number of nitrogen functional groups attached to an aromatic ring is 2. The third-order valence-corrected chi connectivity index (χ3v) is 6.19. The summed E-state index contributed by atoms with van der Waals surface area (Å²) >= 11 is 12.5. The molecule has 2 aromatic carbocycles. The first-order valence-electron chi connectivity index (χ1n) is 11.7. The molecule has 2 heterocycles. The minimum atomic E-state index is 0.0857. The molecule has 0 aliphatic carbocycles. The van der Waals surface area contributed by atoms with Gasteiger partial charge in [-0.2, -0.15) is 29.9 Å². The number of nitrogens with two attached hydrogens (primary N) is 2. The zero-order valence-corrected chi connectivity index (χ0v) is 22.4. The Morgan fingerprint density at radius 3 is 1.89 bits per heavy atom. The molecular formula is C24H28Cl2N12. The van der Waals surface area contributed by atoms with E-state index in [9.17, 15) is 0 Å². The fraction of sp³-hybridized carbons (Fsp3) is 0.250. The molecule has 6 N–H and O–H groups in total. The van der Waals surface area contributed by atoms with Gasteiger partial charge in [-0.25, -0.2) is 0 Å². The summed E-state index contributed by atoms with van der Waals surface area (Å²) in [6.07, 6.45) is 0.712. The van der Waals surface area contributed by atoms with Crippen LogP contribution >= 0.6 is 23.2 Å². The smallest absolute Gasteiger partial charge is 0.233 e. The molecule has 2 aromatic heterocycles. The Labute approximate surface area is 230 Å².